The van der Waals surface area contributed by atoms with Crippen LogP contribution in [0.15, 0.2) is 0 Å². The monoisotopic (exact) mass is 217 g/mol. The lowest BCUT2D eigenvalue weighted by Crippen LogP contribution is -2.30. The van der Waals surface area contributed by atoms with Crippen molar-refractivity contribution in [3.05, 3.63) is 0 Å². The summed E-state index contributed by atoms with van der Waals surface area (Å²) in [5.41, 5.74) is 0. The van der Waals surface area contributed by atoms with Crippen LogP contribution < -0.4 is 5.32 Å². The van der Waals surface area contributed by atoms with Gasteiger partial charge in [-0.25, -0.2) is 0 Å². The zero-order chi connectivity index (χ0) is 10.6. The Bertz CT molecular complexity index is 173. The van der Waals surface area contributed by atoms with Crippen molar-refractivity contribution in [3.8, 4) is 0 Å². The largest absolute Gasteiger partial charge is 0.359 e. The van der Waals surface area contributed by atoms with E-state index < -0.39 is 0 Å². The predicted molar refractivity (Wildman–Crippen MR) is 63.8 cm³/mol. The van der Waals surface area contributed by atoms with Gasteiger partial charge in [0.25, 0.3) is 0 Å². The van der Waals surface area contributed by atoms with E-state index in [9.17, 15) is 0 Å². The fraction of sp³-hybridized carbons (Fsp3) is 1.00. The number of hydrogen-bond donors (Lipinski definition) is 1. The van der Waals surface area contributed by atoms with E-state index in [0.717, 1.165) is 13.0 Å². The Morgan fingerprint density at radius 2 is 2.21 bits per heavy atom. The molecule has 3 heteroatoms. The first-order chi connectivity index (χ1) is 6.57. The zero-order valence-electron chi connectivity index (χ0n) is 9.80. The Balaban J connectivity index is 2.28. The highest BCUT2D eigenvalue weighted by molar-refractivity contribution is 7.99. The predicted octanol–water partition coefficient (Wildman–Crippen LogP) is 2.63. The minimum Gasteiger partial charge on any atom is -0.359 e. The average molecular weight is 217 g/mol. The van der Waals surface area contributed by atoms with Gasteiger partial charge in [0, 0.05) is 17.7 Å². The normalized spacial score (nSPS) is 28.3. The van der Waals surface area contributed by atoms with Gasteiger partial charge in [0.05, 0.1) is 6.10 Å². The van der Waals surface area contributed by atoms with Gasteiger partial charge < -0.3 is 4.74 Å². The molecule has 1 N–H and O–H groups in total. The molecule has 1 fully saturated rings. The quantitative estimate of drug-likeness (QED) is 0.765. The van der Waals surface area contributed by atoms with Gasteiger partial charge in [-0.2, -0.15) is 11.8 Å². The van der Waals surface area contributed by atoms with E-state index in [2.05, 4.69) is 32.3 Å². The third kappa shape index (κ3) is 3.79. The van der Waals surface area contributed by atoms with Crippen LogP contribution in [-0.2, 0) is 4.74 Å². The molecule has 0 saturated carbocycles. The van der Waals surface area contributed by atoms with Gasteiger partial charge in [-0.3, -0.25) is 5.32 Å². The van der Waals surface area contributed by atoms with E-state index in [-0.39, 0.29) is 6.23 Å². The van der Waals surface area contributed by atoms with Crippen molar-refractivity contribution in [2.45, 2.75) is 57.1 Å². The van der Waals surface area contributed by atoms with Gasteiger partial charge >= 0.3 is 0 Å². The highest BCUT2D eigenvalue weighted by atomic mass is 32.2. The smallest absolute Gasteiger partial charge is 0.109 e. The van der Waals surface area contributed by atoms with Crippen molar-refractivity contribution in [3.63, 3.8) is 0 Å². The Morgan fingerprint density at radius 3 is 2.79 bits per heavy atom. The minimum atomic E-state index is 0.272. The van der Waals surface area contributed by atoms with Crippen molar-refractivity contribution < 1.29 is 4.74 Å². The second-order valence-corrected chi connectivity index (χ2v) is 6.13. The van der Waals surface area contributed by atoms with Crippen LogP contribution in [0.25, 0.3) is 0 Å². The second-order valence-electron chi connectivity index (χ2n) is 4.61. The molecule has 2 nitrogen and oxygen atoms in total. The zero-order valence-corrected chi connectivity index (χ0v) is 10.6. The Hall–Kier alpha value is 0.270. The molecule has 1 aliphatic rings. The van der Waals surface area contributed by atoms with Crippen LogP contribution >= 0.6 is 11.8 Å². The number of hydrogen-bond acceptors (Lipinski definition) is 3. The third-order valence-electron chi connectivity index (χ3n) is 2.77. The molecule has 1 aliphatic heterocycles. The standard InChI is InChI=1S/C11H23NOS/c1-5-6-9-8-12-10(13-9)7-11(2,3)14-4/h9-10,12H,5-8H2,1-4H3. The van der Waals surface area contributed by atoms with Gasteiger partial charge in [-0.1, -0.05) is 27.2 Å². The van der Waals surface area contributed by atoms with E-state index in [0.29, 0.717) is 10.9 Å². The molecule has 0 aromatic carbocycles. The number of rotatable bonds is 5. The average Bonchev–Trinajstić information content (AvgIpc) is 2.53. The summed E-state index contributed by atoms with van der Waals surface area (Å²) in [5, 5.41) is 3.45. The minimum absolute atomic E-state index is 0.272. The first kappa shape index (κ1) is 12.3. The van der Waals surface area contributed by atoms with E-state index in [4.69, 9.17) is 4.74 Å². The van der Waals surface area contributed by atoms with Gasteiger partial charge in [-0.05, 0) is 12.7 Å². The fourth-order valence-corrected chi connectivity index (χ4v) is 2.05. The van der Waals surface area contributed by atoms with Gasteiger partial charge in [0.1, 0.15) is 6.23 Å². The maximum absolute atomic E-state index is 5.92. The lowest BCUT2D eigenvalue weighted by Gasteiger charge is -2.25. The van der Waals surface area contributed by atoms with E-state index in [1.54, 1.807) is 0 Å². The maximum Gasteiger partial charge on any atom is 0.109 e. The Labute approximate surface area is 92.2 Å². The molecule has 1 rings (SSSR count). The molecular formula is C11H23NOS. The highest BCUT2D eigenvalue weighted by Gasteiger charge is 2.29. The molecule has 1 heterocycles. The van der Waals surface area contributed by atoms with Gasteiger partial charge in [0.15, 0.2) is 0 Å². The molecule has 0 spiro atoms. The molecule has 0 amide bonds. The van der Waals surface area contributed by atoms with Crippen LogP contribution in [0.3, 0.4) is 0 Å². The molecule has 0 aromatic rings. The van der Waals surface area contributed by atoms with Crippen molar-refractivity contribution >= 4 is 11.8 Å². The fourth-order valence-electron chi connectivity index (χ4n) is 1.73. The maximum atomic E-state index is 5.92. The van der Waals surface area contributed by atoms with Crippen LogP contribution in [0.1, 0.15) is 40.0 Å². The van der Waals surface area contributed by atoms with E-state index >= 15 is 0 Å². The topological polar surface area (TPSA) is 21.3 Å². The molecule has 0 radical (unpaired) electrons. The molecule has 84 valence electrons. The lowest BCUT2D eigenvalue weighted by atomic mass is 10.1. The summed E-state index contributed by atoms with van der Waals surface area (Å²) in [6.07, 6.45) is 6.37. The summed E-state index contributed by atoms with van der Waals surface area (Å²) in [5.74, 6) is 0. The SMILES string of the molecule is CCCC1CNC(CC(C)(C)SC)O1. The second kappa shape index (κ2) is 5.38. The number of thioether (sulfide) groups is 1. The van der Waals surface area contributed by atoms with Crippen molar-refractivity contribution in [2.24, 2.45) is 0 Å². The molecule has 2 unspecified atom stereocenters. The van der Waals surface area contributed by atoms with Crippen LogP contribution in [-0.4, -0.2) is 29.9 Å². The van der Waals surface area contributed by atoms with Crippen LogP contribution in [0.4, 0.5) is 0 Å². The first-order valence-corrected chi connectivity index (χ1v) is 6.74. The van der Waals surface area contributed by atoms with E-state index in [1.165, 1.54) is 12.8 Å². The van der Waals surface area contributed by atoms with Crippen molar-refractivity contribution in [2.75, 3.05) is 12.8 Å². The summed E-state index contributed by atoms with van der Waals surface area (Å²) in [4.78, 5) is 0. The lowest BCUT2D eigenvalue weighted by molar-refractivity contribution is 0.0284. The van der Waals surface area contributed by atoms with Crippen molar-refractivity contribution in [1.82, 2.24) is 5.32 Å². The molecule has 0 aliphatic carbocycles. The summed E-state index contributed by atoms with van der Waals surface area (Å²) < 4.78 is 6.23. The van der Waals surface area contributed by atoms with Crippen LogP contribution in [0.2, 0.25) is 0 Å². The van der Waals surface area contributed by atoms with Crippen molar-refractivity contribution in [1.29, 1.82) is 0 Å². The highest BCUT2D eigenvalue weighted by Crippen LogP contribution is 2.28. The van der Waals surface area contributed by atoms with Crippen LogP contribution in [0.5, 0.6) is 0 Å². The molecule has 14 heavy (non-hydrogen) atoms. The Kier molecular flexibility index (Phi) is 4.74. The van der Waals surface area contributed by atoms with Crippen LogP contribution in [0, 0.1) is 0 Å². The van der Waals surface area contributed by atoms with E-state index in [1.807, 2.05) is 11.8 Å². The summed E-state index contributed by atoms with van der Waals surface area (Å²) >= 11 is 1.91. The molecule has 2 atom stereocenters. The molecule has 0 aromatic heterocycles. The molecule has 0 bridgehead atoms. The summed E-state index contributed by atoms with van der Waals surface area (Å²) in [7, 11) is 0. The third-order valence-corrected chi connectivity index (χ3v) is 4.04. The van der Waals surface area contributed by atoms with Gasteiger partial charge in [0.2, 0.25) is 0 Å². The number of nitrogens with one attached hydrogen (secondary N) is 1. The molecule has 1 saturated heterocycles. The van der Waals surface area contributed by atoms with Gasteiger partial charge in [-0.15, -0.1) is 0 Å². The number of ether oxygens (including phenoxy) is 1. The molecular weight excluding hydrogens is 194 g/mol. The Morgan fingerprint density at radius 1 is 1.50 bits per heavy atom. The summed E-state index contributed by atoms with van der Waals surface area (Å²) in [6.45, 7) is 7.79. The summed E-state index contributed by atoms with van der Waals surface area (Å²) in [6, 6.07) is 0. The first-order valence-electron chi connectivity index (χ1n) is 5.51.